The van der Waals surface area contributed by atoms with E-state index in [1.165, 1.54) is 0 Å². The molecule has 0 saturated heterocycles. The molecular weight excluding hydrogens is 204 g/mol. The maximum absolute atomic E-state index is 9.95. The second kappa shape index (κ2) is 4.25. The van der Waals surface area contributed by atoms with Crippen LogP contribution in [0.4, 0.5) is 11.6 Å². The van der Waals surface area contributed by atoms with Crippen molar-refractivity contribution in [2.45, 2.75) is 31.8 Å². The van der Waals surface area contributed by atoms with Crippen LogP contribution in [0.1, 0.15) is 25.1 Å². The van der Waals surface area contributed by atoms with Crippen LogP contribution in [-0.2, 0) is 0 Å². The molecule has 0 aliphatic heterocycles. The van der Waals surface area contributed by atoms with E-state index < -0.39 is 5.60 Å². The molecule has 1 heterocycles. The van der Waals surface area contributed by atoms with E-state index in [0.29, 0.717) is 6.54 Å². The molecule has 5 heteroatoms. The third-order valence-electron chi connectivity index (χ3n) is 2.98. The van der Waals surface area contributed by atoms with E-state index in [0.717, 1.165) is 36.7 Å². The zero-order valence-corrected chi connectivity index (χ0v) is 9.75. The van der Waals surface area contributed by atoms with E-state index in [9.17, 15) is 5.11 Å². The lowest BCUT2D eigenvalue weighted by Gasteiger charge is -2.36. The molecule has 0 unspecified atom stereocenters. The SMILES string of the molecule is CNc1cc(NCC2(O)CCC2)nc(C)n1. The smallest absolute Gasteiger partial charge is 0.131 e. The number of hydrogen-bond donors (Lipinski definition) is 3. The van der Waals surface area contributed by atoms with E-state index in [2.05, 4.69) is 20.6 Å². The lowest BCUT2D eigenvalue weighted by atomic mass is 9.80. The van der Waals surface area contributed by atoms with Gasteiger partial charge in [0.05, 0.1) is 5.60 Å². The largest absolute Gasteiger partial charge is 0.388 e. The van der Waals surface area contributed by atoms with Crippen molar-refractivity contribution >= 4 is 11.6 Å². The summed E-state index contributed by atoms with van der Waals surface area (Å²) in [5.41, 5.74) is -0.529. The van der Waals surface area contributed by atoms with E-state index in [1.807, 2.05) is 20.0 Å². The van der Waals surface area contributed by atoms with Crippen molar-refractivity contribution in [2.24, 2.45) is 0 Å². The van der Waals surface area contributed by atoms with Crippen LogP contribution in [0.25, 0.3) is 0 Å². The van der Waals surface area contributed by atoms with Gasteiger partial charge in [-0.2, -0.15) is 0 Å². The van der Waals surface area contributed by atoms with Crippen molar-refractivity contribution in [3.05, 3.63) is 11.9 Å². The number of aliphatic hydroxyl groups is 1. The van der Waals surface area contributed by atoms with Crippen LogP contribution in [0.5, 0.6) is 0 Å². The molecule has 1 aromatic rings. The zero-order valence-electron chi connectivity index (χ0n) is 9.75. The number of aromatic nitrogens is 2. The van der Waals surface area contributed by atoms with Gasteiger partial charge >= 0.3 is 0 Å². The number of nitrogens with zero attached hydrogens (tertiary/aromatic N) is 2. The first kappa shape index (κ1) is 11.1. The highest BCUT2D eigenvalue weighted by atomic mass is 16.3. The first-order valence-corrected chi connectivity index (χ1v) is 5.61. The Morgan fingerprint density at radius 2 is 2.06 bits per heavy atom. The Morgan fingerprint density at radius 3 is 2.62 bits per heavy atom. The van der Waals surface area contributed by atoms with Crippen molar-refractivity contribution in [1.29, 1.82) is 0 Å². The van der Waals surface area contributed by atoms with Gasteiger partial charge in [-0.15, -0.1) is 0 Å². The predicted octanol–water partition coefficient (Wildman–Crippen LogP) is 1.15. The van der Waals surface area contributed by atoms with Crippen molar-refractivity contribution in [2.75, 3.05) is 24.2 Å². The molecule has 0 amide bonds. The van der Waals surface area contributed by atoms with Gasteiger partial charge in [-0.05, 0) is 26.2 Å². The Hall–Kier alpha value is -1.36. The van der Waals surface area contributed by atoms with Gasteiger partial charge in [0.25, 0.3) is 0 Å². The van der Waals surface area contributed by atoms with Crippen LogP contribution < -0.4 is 10.6 Å². The monoisotopic (exact) mass is 222 g/mol. The van der Waals surface area contributed by atoms with E-state index in [1.54, 1.807) is 0 Å². The highest BCUT2D eigenvalue weighted by Gasteiger charge is 2.34. The van der Waals surface area contributed by atoms with Crippen molar-refractivity contribution in [3.63, 3.8) is 0 Å². The first-order valence-electron chi connectivity index (χ1n) is 5.61. The van der Waals surface area contributed by atoms with Crippen LogP contribution in [0.15, 0.2) is 6.07 Å². The summed E-state index contributed by atoms with van der Waals surface area (Å²) in [7, 11) is 1.82. The summed E-state index contributed by atoms with van der Waals surface area (Å²) >= 11 is 0. The molecule has 5 nitrogen and oxygen atoms in total. The summed E-state index contributed by atoms with van der Waals surface area (Å²) < 4.78 is 0. The maximum atomic E-state index is 9.95. The van der Waals surface area contributed by atoms with Gasteiger partial charge in [0.15, 0.2) is 0 Å². The summed E-state index contributed by atoms with van der Waals surface area (Å²) in [4.78, 5) is 8.48. The first-order chi connectivity index (χ1) is 7.61. The van der Waals surface area contributed by atoms with Crippen LogP contribution in [0.3, 0.4) is 0 Å². The fourth-order valence-electron chi connectivity index (χ4n) is 1.80. The topological polar surface area (TPSA) is 70.1 Å². The van der Waals surface area contributed by atoms with Crippen LogP contribution in [0.2, 0.25) is 0 Å². The number of rotatable bonds is 4. The number of hydrogen-bond acceptors (Lipinski definition) is 5. The third-order valence-corrected chi connectivity index (χ3v) is 2.98. The number of anilines is 2. The Labute approximate surface area is 95.3 Å². The van der Waals surface area contributed by atoms with Crippen molar-refractivity contribution < 1.29 is 5.11 Å². The molecule has 0 atom stereocenters. The van der Waals surface area contributed by atoms with Gasteiger partial charge < -0.3 is 15.7 Å². The van der Waals surface area contributed by atoms with E-state index >= 15 is 0 Å². The molecule has 1 aromatic heterocycles. The normalized spacial score (nSPS) is 17.7. The molecule has 0 spiro atoms. The van der Waals surface area contributed by atoms with Gasteiger partial charge in [0.1, 0.15) is 17.5 Å². The standard InChI is InChI=1S/C11H18N4O/c1-8-14-9(12-2)6-10(15-8)13-7-11(16)4-3-5-11/h6,16H,3-5,7H2,1-2H3,(H2,12,13,14,15). The predicted molar refractivity (Wildman–Crippen MR) is 63.6 cm³/mol. The highest BCUT2D eigenvalue weighted by molar-refractivity contribution is 5.47. The Morgan fingerprint density at radius 1 is 1.38 bits per heavy atom. The van der Waals surface area contributed by atoms with Gasteiger partial charge in [-0.3, -0.25) is 0 Å². The molecule has 16 heavy (non-hydrogen) atoms. The quantitative estimate of drug-likeness (QED) is 0.713. The molecule has 3 N–H and O–H groups in total. The minimum Gasteiger partial charge on any atom is -0.388 e. The second-order valence-corrected chi connectivity index (χ2v) is 4.37. The summed E-state index contributed by atoms with van der Waals surface area (Å²) in [6.45, 7) is 2.41. The second-order valence-electron chi connectivity index (χ2n) is 4.37. The van der Waals surface area contributed by atoms with Gasteiger partial charge in [0, 0.05) is 19.7 Å². The lowest BCUT2D eigenvalue weighted by Crippen LogP contribution is -2.43. The fourth-order valence-corrected chi connectivity index (χ4v) is 1.80. The molecule has 1 aliphatic rings. The molecular formula is C11H18N4O. The zero-order chi connectivity index (χ0) is 11.6. The number of nitrogens with one attached hydrogen (secondary N) is 2. The average molecular weight is 222 g/mol. The Kier molecular flexibility index (Phi) is 2.96. The molecule has 1 fully saturated rings. The van der Waals surface area contributed by atoms with Gasteiger partial charge in [0.2, 0.25) is 0 Å². The molecule has 0 radical (unpaired) electrons. The van der Waals surface area contributed by atoms with Crippen LogP contribution >= 0.6 is 0 Å². The summed E-state index contributed by atoms with van der Waals surface area (Å²) in [6, 6.07) is 1.84. The lowest BCUT2D eigenvalue weighted by molar-refractivity contribution is -0.0202. The van der Waals surface area contributed by atoms with E-state index in [-0.39, 0.29) is 0 Å². The Bertz CT molecular complexity index is 376. The Balaban J connectivity index is 2.00. The van der Waals surface area contributed by atoms with E-state index in [4.69, 9.17) is 0 Å². The number of aryl methyl sites for hydroxylation is 1. The third kappa shape index (κ3) is 2.41. The van der Waals surface area contributed by atoms with Gasteiger partial charge in [-0.1, -0.05) is 0 Å². The average Bonchev–Trinajstić information content (AvgIpc) is 2.23. The molecule has 1 saturated carbocycles. The van der Waals surface area contributed by atoms with Crippen molar-refractivity contribution in [1.82, 2.24) is 9.97 Å². The molecule has 0 aromatic carbocycles. The molecule has 0 bridgehead atoms. The maximum Gasteiger partial charge on any atom is 0.131 e. The summed E-state index contributed by atoms with van der Waals surface area (Å²) in [5.74, 6) is 2.27. The van der Waals surface area contributed by atoms with Crippen molar-refractivity contribution in [3.8, 4) is 0 Å². The minimum atomic E-state index is -0.529. The van der Waals surface area contributed by atoms with Crippen LogP contribution in [-0.4, -0.2) is 34.3 Å². The summed E-state index contributed by atoms with van der Waals surface area (Å²) in [6.07, 6.45) is 2.87. The van der Waals surface area contributed by atoms with Crippen LogP contribution in [0, 0.1) is 6.92 Å². The summed E-state index contributed by atoms with van der Waals surface area (Å²) in [5, 5.41) is 16.1. The minimum absolute atomic E-state index is 0.529. The molecule has 88 valence electrons. The van der Waals surface area contributed by atoms with Gasteiger partial charge in [-0.25, -0.2) is 9.97 Å². The molecule has 2 rings (SSSR count). The fraction of sp³-hybridized carbons (Fsp3) is 0.636. The highest BCUT2D eigenvalue weighted by Crippen LogP contribution is 2.31. The molecule has 1 aliphatic carbocycles.